The van der Waals surface area contributed by atoms with Crippen LogP contribution in [0.5, 0.6) is 0 Å². The molecule has 0 saturated heterocycles. The first-order valence-electron chi connectivity index (χ1n) is 8.94. The first-order chi connectivity index (χ1) is 12.9. The quantitative estimate of drug-likeness (QED) is 0.598. The van der Waals surface area contributed by atoms with Crippen molar-refractivity contribution in [3.05, 3.63) is 53.7 Å². The maximum Gasteiger partial charge on any atom is 0.327 e. The van der Waals surface area contributed by atoms with Crippen LogP contribution in [0.15, 0.2) is 46.9 Å². The number of esters is 1. The normalized spacial score (nSPS) is 11.1. The fourth-order valence-electron chi connectivity index (χ4n) is 2.80. The standard InChI is InChI=1S/C21H25N3O3/c1-15-6-5-7-17(12-15)19-8-9-20(27-19)18-13-16(2)22-24(18)14-21(25)26-11-10-23(3)4/h5-9,12-13H,10-11,14H2,1-4H3. The molecule has 0 N–H and O–H groups in total. The molecule has 3 rings (SSSR count). The molecular formula is C21H25N3O3. The number of aromatic nitrogens is 2. The summed E-state index contributed by atoms with van der Waals surface area (Å²) >= 11 is 0. The molecule has 27 heavy (non-hydrogen) atoms. The van der Waals surface area contributed by atoms with E-state index in [2.05, 4.69) is 11.2 Å². The van der Waals surface area contributed by atoms with Gasteiger partial charge in [-0.2, -0.15) is 5.10 Å². The molecule has 0 aliphatic carbocycles. The molecule has 3 aromatic rings. The second-order valence-corrected chi connectivity index (χ2v) is 6.89. The summed E-state index contributed by atoms with van der Waals surface area (Å²) in [5.74, 6) is 1.15. The lowest BCUT2D eigenvalue weighted by Crippen LogP contribution is -2.22. The molecular weight excluding hydrogens is 342 g/mol. The van der Waals surface area contributed by atoms with Gasteiger partial charge in [-0.15, -0.1) is 0 Å². The van der Waals surface area contributed by atoms with Gasteiger partial charge >= 0.3 is 5.97 Å². The predicted molar refractivity (Wildman–Crippen MR) is 104 cm³/mol. The van der Waals surface area contributed by atoms with Crippen molar-refractivity contribution >= 4 is 5.97 Å². The van der Waals surface area contributed by atoms with E-state index in [1.807, 2.05) is 69.2 Å². The molecule has 2 aromatic heterocycles. The Bertz CT molecular complexity index is 924. The van der Waals surface area contributed by atoms with Crippen LogP contribution < -0.4 is 0 Å². The second kappa shape index (κ2) is 8.22. The topological polar surface area (TPSA) is 60.5 Å². The molecule has 0 amide bonds. The molecule has 0 spiro atoms. The van der Waals surface area contributed by atoms with Crippen molar-refractivity contribution in [2.75, 3.05) is 27.2 Å². The van der Waals surface area contributed by atoms with E-state index in [1.165, 1.54) is 5.56 Å². The van der Waals surface area contributed by atoms with Gasteiger partial charge in [-0.1, -0.05) is 23.8 Å². The molecule has 0 saturated carbocycles. The van der Waals surface area contributed by atoms with Crippen LogP contribution in [0.1, 0.15) is 11.3 Å². The molecule has 0 fully saturated rings. The highest BCUT2D eigenvalue weighted by molar-refractivity contribution is 5.71. The summed E-state index contributed by atoms with van der Waals surface area (Å²) < 4.78 is 12.9. The van der Waals surface area contributed by atoms with Gasteiger partial charge < -0.3 is 14.1 Å². The van der Waals surface area contributed by atoms with E-state index in [4.69, 9.17) is 9.15 Å². The number of hydrogen-bond donors (Lipinski definition) is 0. The molecule has 142 valence electrons. The van der Waals surface area contributed by atoms with E-state index < -0.39 is 0 Å². The van der Waals surface area contributed by atoms with Gasteiger partial charge in [0.15, 0.2) is 5.76 Å². The summed E-state index contributed by atoms with van der Waals surface area (Å²) in [6.45, 7) is 5.04. The molecule has 0 aliphatic heterocycles. The number of carbonyl (C=O) groups excluding carboxylic acids is 1. The van der Waals surface area contributed by atoms with Gasteiger partial charge in [0.2, 0.25) is 0 Å². The molecule has 6 nitrogen and oxygen atoms in total. The van der Waals surface area contributed by atoms with Crippen molar-refractivity contribution in [1.29, 1.82) is 0 Å². The lowest BCUT2D eigenvalue weighted by Gasteiger charge is -2.10. The van der Waals surface area contributed by atoms with Gasteiger partial charge in [-0.3, -0.25) is 9.48 Å². The smallest absolute Gasteiger partial charge is 0.327 e. The maximum absolute atomic E-state index is 12.1. The minimum absolute atomic E-state index is 0.0527. The van der Waals surface area contributed by atoms with E-state index >= 15 is 0 Å². The van der Waals surface area contributed by atoms with Crippen LogP contribution in [-0.2, 0) is 16.1 Å². The number of benzene rings is 1. The van der Waals surface area contributed by atoms with E-state index in [1.54, 1.807) is 4.68 Å². The van der Waals surface area contributed by atoms with Crippen LogP contribution >= 0.6 is 0 Å². The molecule has 0 aliphatic rings. The molecule has 6 heteroatoms. The Kier molecular flexibility index (Phi) is 5.76. The van der Waals surface area contributed by atoms with Crippen molar-refractivity contribution in [2.24, 2.45) is 0 Å². The van der Waals surface area contributed by atoms with Crippen molar-refractivity contribution in [3.63, 3.8) is 0 Å². The number of carbonyl (C=O) groups is 1. The summed E-state index contributed by atoms with van der Waals surface area (Å²) in [7, 11) is 3.87. The minimum atomic E-state index is -0.313. The zero-order chi connectivity index (χ0) is 19.4. The highest BCUT2D eigenvalue weighted by Gasteiger charge is 2.16. The summed E-state index contributed by atoms with van der Waals surface area (Å²) in [6, 6.07) is 13.9. The molecule has 0 atom stereocenters. The van der Waals surface area contributed by atoms with Crippen LogP contribution in [0.25, 0.3) is 22.8 Å². The average Bonchev–Trinajstić information content (AvgIpc) is 3.21. The maximum atomic E-state index is 12.1. The summed E-state index contributed by atoms with van der Waals surface area (Å²) in [6.07, 6.45) is 0. The monoisotopic (exact) mass is 367 g/mol. The third-order valence-corrected chi connectivity index (χ3v) is 4.14. The Hall–Kier alpha value is -2.86. The van der Waals surface area contributed by atoms with Crippen molar-refractivity contribution in [2.45, 2.75) is 20.4 Å². The Balaban J connectivity index is 1.77. The van der Waals surface area contributed by atoms with E-state index in [0.717, 1.165) is 22.7 Å². The highest BCUT2D eigenvalue weighted by Crippen LogP contribution is 2.29. The van der Waals surface area contributed by atoms with Crippen LogP contribution in [0.2, 0.25) is 0 Å². The van der Waals surface area contributed by atoms with Crippen LogP contribution in [-0.4, -0.2) is 47.9 Å². The number of furan rings is 1. The van der Waals surface area contributed by atoms with Gasteiger partial charge in [0.1, 0.15) is 24.6 Å². The van der Waals surface area contributed by atoms with Crippen molar-refractivity contribution < 1.29 is 13.9 Å². The van der Waals surface area contributed by atoms with Gasteiger partial charge in [-0.25, -0.2) is 0 Å². The van der Waals surface area contributed by atoms with Crippen molar-refractivity contribution in [1.82, 2.24) is 14.7 Å². The lowest BCUT2D eigenvalue weighted by molar-refractivity contribution is -0.144. The van der Waals surface area contributed by atoms with Crippen LogP contribution in [0.3, 0.4) is 0 Å². The fourth-order valence-corrected chi connectivity index (χ4v) is 2.80. The first kappa shape index (κ1) is 18.9. The van der Waals surface area contributed by atoms with Gasteiger partial charge in [0.25, 0.3) is 0 Å². The molecule has 0 unspecified atom stereocenters. The molecule has 2 heterocycles. The zero-order valence-electron chi connectivity index (χ0n) is 16.2. The van der Waals surface area contributed by atoms with Crippen LogP contribution in [0, 0.1) is 13.8 Å². The van der Waals surface area contributed by atoms with E-state index in [0.29, 0.717) is 18.9 Å². The number of hydrogen-bond acceptors (Lipinski definition) is 5. The zero-order valence-corrected chi connectivity index (χ0v) is 16.2. The Labute approximate surface area is 159 Å². The number of likely N-dealkylation sites (N-methyl/N-ethyl adjacent to an activating group) is 1. The summed E-state index contributed by atoms with van der Waals surface area (Å²) in [4.78, 5) is 14.1. The van der Waals surface area contributed by atoms with Gasteiger partial charge in [0, 0.05) is 12.1 Å². The predicted octanol–water partition coefficient (Wildman–Crippen LogP) is 3.53. The SMILES string of the molecule is Cc1cccc(-c2ccc(-c3cc(C)nn3CC(=O)OCCN(C)C)o2)c1. The lowest BCUT2D eigenvalue weighted by atomic mass is 10.1. The van der Waals surface area contributed by atoms with Crippen LogP contribution in [0.4, 0.5) is 0 Å². The number of aryl methyl sites for hydroxylation is 2. The number of ether oxygens (including phenoxy) is 1. The largest absolute Gasteiger partial charge is 0.463 e. The first-order valence-corrected chi connectivity index (χ1v) is 8.94. The summed E-state index contributed by atoms with van der Waals surface area (Å²) in [5, 5.41) is 4.41. The molecule has 0 radical (unpaired) electrons. The molecule has 1 aromatic carbocycles. The van der Waals surface area contributed by atoms with E-state index in [9.17, 15) is 4.79 Å². The minimum Gasteiger partial charge on any atom is -0.463 e. The third kappa shape index (κ3) is 4.86. The highest BCUT2D eigenvalue weighted by atomic mass is 16.5. The second-order valence-electron chi connectivity index (χ2n) is 6.89. The van der Waals surface area contributed by atoms with E-state index in [-0.39, 0.29) is 12.5 Å². The number of rotatable bonds is 7. The Morgan fingerprint density at radius 3 is 2.67 bits per heavy atom. The molecule has 0 bridgehead atoms. The fraction of sp³-hybridized carbons (Fsp3) is 0.333. The third-order valence-electron chi connectivity index (χ3n) is 4.14. The average molecular weight is 367 g/mol. The number of nitrogens with zero attached hydrogens (tertiary/aromatic N) is 3. The van der Waals surface area contributed by atoms with Gasteiger partial charge in [-0.05, 0) is 52.2 Å². The van der Waals surface area contributed by atoms with Crippen molar-refractivity contribution in [3.8, 4) is 22.8 Å². The Morgan fingerprint density at radius 1 is 1.15 bits per heavy atom. The Morgan fingerprint density at radius 2 is 1.93 bits per heavy atom. The van der Waals surface area contributed by atoms with Gasteiger partial charge in [0.05, 0.1) is 5.69 Å². The summed E-state index contributed by atoms with van der Waals surface area (Å²) in [5.41, 5.74) is 3.77.